The lowest BCUT2D eigenvalue weighted by atomic mass is 9.85. The number of nitrogens with two attached hydrogens (primary N) is 1. The zero-order chi connectivity index (χ0) is 15.1. The van der Waals surface area contributed by atoms with Crippen LogP contribution in [-0.4, -0.2) is 17.0 Å². The van der Waals surface area contributed by atoms with Gasteiger partial charge in [0.2, 0.25) is 5.91 Å². The first-order valence-electron chi connectivity index (χ1n) is 7.41. The zero-order valence-corrected chi connectivity index (χ0v) is 11.9. The molecule has 3 rings (SSSR count). The summed E-state index contributed by atoms with van der Waals surface area (Å²) in [4.78, 5) is 23.9. The lowest BCUT2D eigenvalue weighted by Gasteiger charge is -2.23. The molecule has 2 saturated carbocycles. The van der Waals surface area contributed by atoms with E-state index in [1.54, 1.807) is 6.07 Å². The summed E-state index contributed by atoms with van der Waals surface area (Å²) in [5.41, 5.74) is 6.25. The van der Waals surface area contributed by atoms with E-state index in [9.17, 15) is 14.7 Å². The molecule has 0 aromatic heterocycles. The van der Waals surface area contributed by atoms with Gasteiger partial charge < -0.3 is 16.2 Å². The highest BCUT2D eigenvalue weighted by molar-refractivity contribution is 6.08. The van der Waals surface area contributed by atoms with Crippen molar-refractivity contribution in [3.63, 3.8) is 0 Å². The Hall–Kier alpha value is -1.88. The second-order valence-electron chi connectivity index (χ2n) is 6.29. The Bertz CT molecular complexity index is 587. The quantitative estimate of drug-likeness (QED) is 0.741. The van der Waals surface area contributed by atoms with Crippen LogP contribution in [0.5, 0.6) is 0 Å². The molecule has 5 heteroatoms. The van der Waals surface area contributed by atoms with E-state index in [4.69, 9.17) is 5.73 Å². The van der Waals surface area contributed by atoms with Crippen LogP contribution in [0.2, 0.25) is 0 Å². The minimum Gasteiger partial charge on any atom is -0.480 e. The number of benzene rings is 1. The maximum Gasteiger partial charge on any atom is 0.319 e. The minimum atomic E-state index is -1.27. The number of anilines is 1. The van der Waals surface area contributed by atoms with Crippen LogP contribution >= 0.6 is 0 Å². The van der Waals surface area contributed by atoms with Crippen LogP contribution < -0.4 is 11.1 Å². The fourth-order valence-electron chi connectivity index (χ4n) is 3.10. The Kier molecular flexibility index (Phi) is 3.24. The standard InChI is InChI=1S/C16H20N2O3/c17-16(8-9-16)11-4-3-5-12(10-11)18-13(19)15(14(20)21)6-1-2-7-15/h3-5,10H,1-2,6-9,17H2,(H,18,19)(H,20,21). The maximum absolute atomic E-state index is 12.4. The molecule has 0 radical (unpaired) electrons. The van der Waals surface area contributed by atoms with Crippen molar-refractivity contribution in [3.05, 3.63) is 29.8 Å². The van der Waals surface area contributed by atoms with Crippen molar-refractivity contribution in [1.29, 1.82) is 0 Å². The van der Waals surface area contributed by atoms with Gasteiger partial charge in [-0.15, -0.1) is 0 Å². The normalized spacial score (nSPS) is 21.8. The SMILES string of the molecule is NC1(c2cccc(NC(=O)C3(C(=O)O)CCCC3)c2)CC1. The van der Waals surface area contributed by atoms with E-state index in [2.05, 4.69) is 5.32 Å². The lowest BCUT2D eigenvalue weighted by molar-refractivity contribution is -0.153. The Morgan fingerprint density at radius 3 is 2.38 bits per heavy atom. The van der Waals surface area contributed by atoms with Gasteiger partial charge in [0.15, 0.2) is 0 Å². The highest BCUT2D eigenvalue weighted by Gasteiger charge is 2.48. The van der Waals surface area contributed by atoms with Gasteiger partial charge in [-0.1, -0.05) is 25.0 Å². The van der Waals surface area contributed by atoms with Crippen LogP contribution in [-0.2, 0) is 15.1 Å². The lowest BCUT2D eigenvalue weighted by Crippen LogP contribution is -2.40. The van der Waals surface area contributed by atoms with Crippen molar-refractivity contribution in [1.82, 2.24) is 0 Å². The second-order valence-corrected chi connectivity index (χ2v) is 6.29. The van der Waals surface area contributed by atoms with Gasteiger partial charge in [0.25, 0.3) is 0 Å². The van der Waals surface area contributed by atoms with Crippen LogP contribution in [0.1, 0.15) is 44.1 Å². The molecule has 2 fully saturated rings. The molecule has 1 aromatic carbocycles. The number of amides is 1. The first kappa shape index (κ1) is 14.1. The fourth-order valence-corrected chi connectivity index (χ4v) is 3.10. The fraction of sp³-hybridized carbons (Fsp3) is 0.500. The molecule has 0 atom stereocenters. The van der Waals surface area contributed by atoms with E-state index in [1.807, 2.05) is 18.2 Å². The average molecular weight is 288 g/mol. The number of hydrogen-bond acceptors (Lipinski definition) is 3. The van der Waals surface area contributed by atoms with Crippen LogP contribution in [0.15, 0.2) is 24.3 Å². The summed E-state index contributed by atoms with van der Waals surface area (Å²) in [5, 5.41) is 12.2. The van der Waals surface area contributed by atoms with E-state index < -0.39 is 17.3 Å². The van der Waals surface area contributed by atoms with Crippen molar-refractivity contribution in [2.75, 3.05) is 5.32 Å². The van der Waals surface area contributed by atoms with Crippen molar-refractivity contribution >= 4 is 17.6 Å². The molecular formula is C16H20N2O3. The molecule has 21 heavy (non-hydrogen) atoms. The van der Waals surface area contributed by atoms with E-state index in [-0.39, 0.29) is 5.54 Å². The molecule has 0 unspecified atom stereocenters. The molecule has 0 saturated heterocycles. The summed E-state index contributed by atoms with van der Waals surface area (Å²) >= 11 is 0. The molecule has 1 amide bonds. The first-order valence-corrected chi connectivity index (χ1v) is 7.41. The Morgan fingerprint density at radius 2 is 1.81 bits per heavy atom. The van der Waals surface area contributed by atoms with Crippen molar-refractivity contribution < 1.29 is 14.7 Å². The summed E-state index contributed by atoms with van der Waals surface area (Å²) in [6.07, 6.45) is 4.29. The van der Waals surface area contributed by atoms with E-state index in [0.29, 0.717) is 18.5 Å². The molecule has 0 aliphatic heterocycles. The highest BCUT2D eigenvalue weighted by Crippen LogP contribution is 2.43. The van der Waals surface area contributed by atoms with Gasteiger partial charge in [0.05, 0.1) is 0 Å². The smallest absolute Gasteiger partial charge is 0.319 e. The summed E-state index contributed by atoms with van der Waals surface area (Å²) in [6.45, 7) is 0. The maximum atomic E-state index is 12.4. The minimum absolute atomic E-state index is 0.265. The molecule has 4 N–H and O–H groups in total. The largest absolute Gasteiger partial charge is 0.480 e. The van der Waals surface area contributed by atoms with Crippen molar-refractivity contribution in [2.24, 2.45) is 11.1 Å². The third kappa shape index (κ3) is 2.42. The predicted octanol–water partition coefficient (Wildman–Crippen LogP) is 2.22. The molecule has 0 spiro atoms. The van der Waals surface area contributed by atoms with Crippen LogP contribution in [0.4, 0.5) is 5.69 Å². The number of aliphatic carboxylic acids is 1. The number of carbonyl (C=O) groups is 2. The molecule has 1 aromatic rings. The topological polar surface area (TPSA) is 92.4 Å². The molecule has 5 nitrogen and oxygen atoms in total. The predicted molar refractivity (Wildman–Crippen MR) is 78.7 cm³/mol. The molecule has 2 aliphatic carbocycles. The summed E-state index contributed by atoms with van der Waals surface area (Å²) < 4.78 is 0. The average Bonchev–Trinajstić information content (AvgIpc) is 3.03. The Morgan fingerprint density at radius 1 is 1.14 bits per heavy atom. The first-order chi connectivity index (χ1) is 9.96. The van der Waals surface area contributed by atoms with E-state index in [1.165, 1.54) is 0 Å². The molecule has 0 heterocycles. The van der Waals surface area contributed by atoms with Crippen LogP contribution in [0.3, 0.4) is 0 Å². The van der Waals surface area contributed by atoms with Gasteiger partial charge in [-0.3, -0.25) is 9.59 Å². The van der Waals surface area contributed by atoms with Crippen molar-refractivity contribution in [2.45, 2.75) is 44.1 Å². The third-order valence-electron chi connectivity index (χ3n) is 4.79. The second kappa shape index (κ2) is 4.84. The molecule has 112 valence electrons. The monoisotopic (exact) mass is 288 g/mol. The van der Waals surface area contributed by atoms with Gasteiger partial charge in [-0.25, -0.2) is 0 Å². The number of carbonyl (C=O) groups excluding carboxylic acids is 1. The molecule has 0 bridgehead atoms. The van der Waals surface area contributed by atoms with E-state index >= 15 is 0 Å². The number of rotatable bonds is 4. The summed E-state index contributed by atoms with van der Waals surface area (Å²) in [5.74, 6) is -1.43. The van der Waals surface area contributed by atoms with Crippen molar-refractivity contribution in [3.8, 4) is 0 Å². The van der Waals surface area contributed by atoms with Gasteiger partial charge in [-0.2, -0.15) is 0 Å². The van der Waals surface area contributed by atoms with Gasteiger partial charge in [0.1, 0.15) is 5.41 Å². The third-order valence-corrected chi connectivity index (χ3v) is 4.79. The zero-order valence-electron chi connectivity index (χ0n) is 11.9. The van der Waals surface area contributed by atoms with Gasteiger partial charge in [-0.05, 0) is 43.4 Å². The van der Waals surface area contributed by atoms with Crippen LogP contribution in [0.25, 0.3) is 0 Å². The van der Waals surface area contributed by atoms with Gasteiger partial charge >= 0.3 is 5.97 Å². The Balaban J connectivity index is 1.80. The highest BCUT2D eigenvalue weighted by atomic mass is 16.4. The Labute approximate surface area is 123 Å². The molecule has 2 aliphatic rings. The summed E-state index contributed by atoms with van der Waals surface area (Å²) in [6, 6.07) is 7.43. The van der Waals surface area contributed by atoms with Crippen LogP contribution in [0, 0.1) is 5.41 Å². The van der Waals surface area contributed by atoms with E-state index in [0.717, 1.165) is 31.2 Å². The number of carboxylic acid groups (broad SMARTS) is 1. The summed E-state index contributed by atoms with van der Waals surface area (Å²) in [7, 11) is 0. The number of hydrogen-bond donors (Lipinski definition) is 3. The number of nitrogens with one attached hydrogen (secondary N) is 1. The number of carboxylic acids is 1. The molecular weight excluding hydrogens is 268 g/mol. The van der Waals surface area contributed by atoms with Gasteiger partial charge in [0, 0.05) is 11.2 Å².